The van der Waals surface area contributed by atoms with E-state index in [-0.39, 0.29) is 16.8 Å². The summed E-state index contributed by atoms with van der Waals surface area (Å²) in [5.41, 5.74) is 0.391. The highest BCUT2D eigenvalue weighted by Gasteiger charge is 2.43. The molecular formula is C13H15NO4. The second-order valence-electron chi connectivity index (χ2n) is 5.45. The molecule has 1 heterocycles. The number of carbonyl (C=O) groups is 3. The number of amides is 1. The van der Waals surface area contributed by atoms with E-state index in [9.17, 15) is 14.4 Å². The molecular weight excluding hydrogens is 234 g/mol. The van der Waals surface area contributed by atoms with Gasteiger partial charge in [-0.05, 0) is 11.8 Å². The van der Waals surface area contributed by atoms with E-state index < -0.39 is 17.8 Å². The number of ketones is 1. The second-order valence-corrected chi connectivity index (χ2v) is 5.45. The van der Waals surface area contributed by atoms with Crippen molar-refractivity contribution in [1.29, 1.82) is 0 Å². The summed E-state index contributed by atoms with van der Waals surface area (Å²) < 4.78 is 4.62. The molecule has 5 nitrogen and oxygen atoms in total. The first kappa shape index (κ1) is 12.7. The fourth-order valence-corrected chi connectivity index (χ4v) is 2.56. The van der Waals surface area contributed by atoms with E-state index in [2.05, 4.69) is 9.73 Å². The highest BCUT2D eigenvalue weighted by Crippen LogP contribution is 2.38. The molecule has 1 amide bonds. The summed E-state index contributed by atoms with van der Waals surface area (Å²) in [6.45, 7) is 3.90. The molecule has 2 aliphatic rings. The molecule has 0 spiro atoms. The molecule has 0 bridgehead atoms. The van der Waals surface area contributed by atoms with Crippen LogP contribution in [0, 0.1) is 11.3 Å². The van der Waals surface area contributed by atoms with Gasteiger partial charge in [-0.3, -0.25) is 9.59 Å². The Morgan fingerprint density at radius 1 is 1.39 bits per heavy atom. The van der Waals surface area contributed by atoms with Crippen molar-refractivity contribution < 1.29 is 19.1 Å². The number of hydrogen-bond acceptors (Lipinski definition) is 4. The van der Waals surface area contributed by atoms with Gasteiger partial charge in [0.1, 0.15) is 5.78 Å². The Morgan fingerprint density at radius 2 is 2.06 bits per heavy atom. The molecule has 1 fully saturated rings. The lowest BCUT2D eigenvalue weighted by Crippen LogP contribution is -2.42. The zero-order valence-electron chi connectivity index (χ0n) is 10.6. The number of aliphatic imine (C=N–C) groups is 1. The standard InChI is InChI=1S/C13H15NO4/c1-13(2)5-8-11(9(15)6-13)7(12(17)18-3)4-10(16)14-8/h4,11H,5-6H2,1-3H3. The number of carbonyl (C=O) groups excluding carboxylic acids is 3. The number of hydrogen-bond donors (Lipinski definition) is 0. The van der Waals surface area contributed by atoms with Gasteiger partial charge in [-0.25, -0.2) is 9.79 Å². The van der Waals surface area contributed by atoms with Crippen molar-refractivity contribution >= 4 is 23.4 Å². The van der Waals surface area contributed by atoms with Crippen molar-refractivity contribution in [3.05, 3.63) is 11.6 Å². The van der Waals surface area contributed by atoms with Gasteiger partial charge in [0, 0.05) is 18.2 Å². The first-order valence-corrected chi connectivity index (χ1v) is 5.78. The highest BCUT2D eigenvalue weighted by molar-refractivity contribution is 6.22. The quantitative estimate of drug-likeness (QED) is 0.652. The largest absolute Gasteiger partial charge is 0.466 e. The minimum absolute atomic E-state index is 0.0749. The summed E-state index contributed by atoms with van der Waals surface area (Å²) in [5, 5.41) is 0. The van der Waals surface area contributed by atoms with E-state index in [1.165, 1.54) is 7.11 Å². The van der Waals surface area contributed by atoms with E-state index in [4.69, 9.17) is 0 Å². The van der Waals surface area contributed by atoms with Crippen LogP contribution in [-0.2, 0) is 19.1 Å². The Bertz CT molecular complexity index is 499. The fraction of sp³-hybridized carbons (Fsp3) is 0.538. The maximum atomic E-state index is 12.1. The summed E-state index contributed by atoms with van der Waals surface area (Å²) in [7, 11) is 1.23. The Morgan fingerprint density at radius 3 is 2.67 bits per heavy atom. The number of methoxy groups -OCH3 is 1. The summed E-state index contributed by atoms with van der Waals surface area (Å²) in [4.78, 5) is 39.1. The van der Waals surface area contributed by atoms with Crippen molar-refractivity contribution in [2.75, 3.05) is 7.11 Å². The van der Waals surface area contributed by atoms with E-state index in [0.29, 0.717) is 18.6 Å². The number of rotatable bonds is 1. The van der Waals surface area contributed by atoms with Gasteiger partial charge in [0.05, 0.1) is 18.6 Å². The number of esters is 1. The molecule has 0 aromatic rings. The monoisotopic (exact) mass is 249 g/mol. The molecule has 0 aromatic heterocycles. The summed E-state index contributed by atoms with van der Waals surface area (Å²) in [6.07, 6.45) is 2.03. The average molecular weight is 249 g/mol. The number of ether oxygens (including phenoxy) is 1. The molecule has 2 rings (SSSR count). The molecule has 1 aliphatic carbocycles. The molecule has 1 aliphatic heterocycles. The highest BCUT2D eigenvalue weighted by atomic mass is 16.5. The molecule has 1 atom stereocenters. The van der Waals surface area contributed by atoms with E-state index >= 15 is 0 Å². The number of nitrogens with zero attached hydrogens (tertiary/aromatic N) is 1. The lowest BCUT2D eigenvalue weighted by molar-refractivity contribution is -0.138. The summed E-state index contributed by atoms with van der Waals surface area (Å²) in [6, 6.07) is 0. The van der Waals surface area contributed by atoms with Crippen LogP contribution >= 0.6 is 0 Å². The molecule has 1 saturated carbocycles. The van der Waals surface area contributed by atoms with Gasteiger partial charge >= 0.3 is 5.97 Å². The van der Waals surface area contributed by atoms with Crippen LogP contribution in [0.25, 0.3) is 0 Å². The van der Waals surface area contributed by atoms with Gasteiger partial charge < -0.3 is 4.74 Å². The minimum Gasteiger partial charge on any atom is -0.466 e. The molecule has 0 aromatic carbocycles. The fourth-order valence-electron chi connectivity index (χ4n) is 2.56. The van der Waals surface area contributed by atoms with Crippen LogP contribution in [0.3, 0.4) is 0 Å². The van der Waals surface area contributed by atoms with Gasteiger partial charge in [-0.1, -0.05) is 13.8 Å². The molecule has 0 saturated heterocycles. The predicted octanol–water partition coefficient (Wildman–Crippen LogP) is 1.07. The van der Waals surface area contributed by atoms with E-state index in [1.54, 1.807) is 0 Å². The minimum atomic E-state index is -0.692. The van der Waals surface area contributed by atoms with E-state index in [0.717, 1.165) is 6.08 Å². The van der Waals surface area contributed by atoms with Crippen LogP contribution in [0.4, 0.5) is 0 Å². The summed E-state index contributed by atoms with van der Waals surface area (Å²) in [5.74, 6) is -1.89. The molecule has 5 heteroatoms. The lowest BCUT2D eigenvalue weighted by atomic mass is 9.68. The van der Waals surface area contributed by atoms with Crippen LogP contribution in [0.15, 0.2) is 16.6 Å². The Kier molecular flexibility index (Phi) is 2.92. The third-order valence-electron chi connectivity index (χ3n) is 3.23. The summed E-state index contributed by atoms with van der Waals surface area (Å²) >= 11 is 0. The smallest absolute Gasteiger partial charge is 0.335 e. The van der Waals surface area contributed by atoms with E-state index in [1.807, 2.05) is 13.8 Å². The van der Waals surface area contributed by atoms with Gasteiger partial charge in [-0.15, -0.1) is 0 Å². The van der Waals surface area contributed by atoms with Crippen LogP contribution < -0.4 is 0 Å². The lowest BCUT2D eigenvalue weighted by Gasteiger charge is -2.35. The number of Topliss-reactive ketones (excluding diaryl/α,β-unsaturated/α-hetero) is 1. The first-order chi connectivity index (χ1) is 8.34. The van der Waals surface area contributed by atoms with Crippen molar-refractivity contribution in [3.8, 4) is 0 Å². The molecule has 0 N–H and O–H groups in total. The first-order valence-electron chi connectivity index (χ1n) is 5.78. The van der Waals surface area contributed by atoms with Crippen molar-refractivity contribution in [2.45, 2.75) is 26.7 Å². The SMILES string of the molecule is COC(=O)C1=CC(=O)N=C2CC(C)(C)CC(=O)C12. The molecule has 18 heavy (non-hydrogen) atoms. The average Bonchev–Trinajstić information content (AvgIpc) is 2.24. The van der Waals surface area contributed by atoms with Gasteiger partial charge in [-0.2, -0.15) is 0 Å². The van der Waals surface area contributed by atoms with Crippen molar-refractivity contribution in [2.24, 2.45) is 16.3 Å². The zero-order chi connectivity index (χ0) is 13.5. The molecule has 0 radical (unpaired) electrons. The predicted molar refractivity (Wildman–Crippen MR) is 64.1 cm³/mol. The van der Waals surface area contributed by atoms with Gasteiger partial charge in [0.2, 0.25) is 0 Å². The van der Waals surface area contributed by atoms with Crippen LogP contribution in [0.5, 0.6) is 0 Å². The molecule has 1 unspecified atom stereocenters. The Balaban J connectivity index is 2.42. The third-order valence-corrected chi connectivity index (χ3v) is 3.23. The Hall–Kier alpha value is -1.78. The van der Waals surface area contributed by atoms with Crippen molar-refractivity contribution in [3.63, 3.8) is 0 Å². The number of dihydropyridines is 1. The maximum Gasteiger partial charge on any atom is 0.335 e. The second kappa shape index (κ2) is 4.15. The molecule has 96 valence electrons. The zero-order valence-corrected chi connectivity index (χ0v) is 10.6. The topological polar surface area (TPSA) is 72.8 Å². The van der Waals surface area contributed by atoms with Gasteiger partial charge in [0.25, 0.3) is 5.91 Å². The van der Waals surface area contributed by atoms with Crippen LogP contribution in [-0.4, -0.2) is 30.5 Å². The Labute approximate surface area is 105 Å². The third kappa shape index (κ3) is 2.12. The maximum absolute atomic E-state index is 12.1. The van der Waals surface area contributed by atoms with Crippen LogP contribution in [0.1, 0.15) is 26.7 Å². The normalized spacial score (nSPS) is 26.1. The van der Waals surface area contributed by atoms with Crippen LogP contribution in [0.2, 0.25) is 0 Å². The van der Waals surface area contributed by atoms with Gasteiger partial charge in [0.15, 0.2) is 0 Å². The van der Waals surface area contributed by atoms with Crippen molar-refractivity contribution in [1.82, 2.24) is 0 Å². The number of fused-ring (bicyclic) bond motifs is 1.